The molecule has 0 aromatic carbocycles. The molecule has 0 bridgehead atoms. The fourth-order valence-corrected chi connectivity index (χ4v) is 2.46. The van der Waals surface area contributed by atoms with Crippen molar-refractivity contribution >= 4 is 0 Å². The first-order chi connectivity index (χ1) is 8.31. The number of hydrogen-bond acceptors (Lipinski definition) is 3. The van der Waals surface area contributed by atoms with Crippen LogP contribution in [0.15, 0.2) is 0 Å². The van der Waals surface area contributed by atoms with Gasteiger partial charge < -0.3 is 5.32 Å². The normalized spacial score (nSPS) is 15.2. The molecule has 0 saturated heterocycles. The maximum absolute atomic E-state index is 4.48. The summed E-state index contributed by atoms with van der Waals surface area (Å²) in [6, 6.07) is 0. The molecular weight excluding hydrogens is 212 g/mol. The molecule has 1 aromatic rings. The predicted molar refractivity (Wildman–Crippen MR) is 70.1 cm³/mol. The van der Waals surface area contributed by atoms with Crippen LogP contribution in [0.4, 0.5) is 0 Å². The van der Waals surface area contributed by atoms with E-state index in [2.05, 4.69) is 34.4 Å². The minimum atomic E-state index is 0.969. The van der Waals surface area contributed by atoms with Gasteiger partial charge in [0.1, 0.15) is 0 Å². The fraction of sp³-hybridized carbons (Fsp3) is 0.769. The van der Waals surface area contributed by atoms with Crippen LogP contribution in [0.5, 0.6) is 0 Å². The first-order valence-corrected chi connectivity index (χ1v) is 6.75. The highest BCUT2D eigenvalue weighted by molar-refractivity contribution is 5.27. The maximum Gasteiger partial charge on any atom is 0.0796 e. The Bertz CT molecular complexity index is 345. The third kappa shape index (κ3) is 3.30. The smallest absolute Gasteiger partial charge is 0.0796 e. The Morgan fingerprint density at radius 3 is 3.00 bits per heavy atom. The zero-order chi connectivity index (χ0) is 12.1. The molecule has 1 aromatic heterocycles. The van der Waals surface area contributed by atoms with Crippen molar-refractivity contribution in [2.24, 2.45) is 0 Å². The summed E-state index contributed by atoms with van der Waals surface area (Å²) in [6.45, 7) is 6.29. The highest BCUT2D eigenvalue weighted by Crippen LogP contribution is 2.22. The number of nitrogens with one attached hydrogen (secondary N) is 2. The van der Waals surface area contributed by atoms with Crippen molar-refractivity contribution in [1.82, 2.24) is 20.4 Å². The topological polar surface area (TPSA) is 44.0 Å². The van der Waals surface area contributed by atoms with Crippen molar-refractivity contribution < 1.29 is 0 Å². The second-order valence-corrected chi connectivity index (χ2v) is 4.93. The molecule has 0 atom stereocenters. The molecule has 1 aliphatic rings. The number of aryl methyl sites for hydroxylation is 1. The van der Waals surface area contributed by atoms with E-state index in [0.717, 1.165) is 26.2 Å². The molecule has 2 rings (SSSR count). The SMILES string of the molecule is CCNCCN(C)Cc1n[nH]c2c1CCCC2. The van der Waals surface area contributed by atoms with Crippen molar-refractivity contribution in [3.05, 3.63) is 17.0 Å². The van der Waals surface area contributed by atoms with Crippen molar-refractivity contribution in [3.8, 4) is 0 Å². The van der Waals surface area contributed by atoms with Crippen LogP contribution >= 0.6 is 0 Å². The van der Waals surface area contributed by atoms with Gasteiger partial charge in [-0.05, 0) is 44.8 Å². The van der Waals surface area contributed by atoms with Crippen molar-refractivity contribution in [2.45, 2.75) is 39.2 Å². The molecule has 96 valence electrons. The molecule has 4 nitrogen and oxygen atoms in total. The van der Waals surface area contributed by atoms with E-state index < -0.39 is 0 Å². The van der Waals surface area contributed by atoms with E-state index in [4.69, 9.17) is 0 Å². The summed E-state index contributed by atoms with van der Waals surface area (Å²) in [7, 11) is 2.17. The van der Waals surface area contributed by atoms with Gasteiger partial charge in [0.15, 0.2) is 0 Å². The van der Waals surface area contributed by atoms with Gasteiger partial charge in [-0.3, -0.25) is 10.00 Å². The van der Waals surface area contributed by atoms with Gasteiger partial charge in [-0.15, -0.1) is 0 Å². The molecule has 1 aliphatic carbocycles. The number of aromatic nitrogens is 2. The van der Waals surface area contributed by atoms with E-state index >= 15 is 0 Å². The van der Waals surface area contributed by atoms with E-state index in [0.29, 0.717) is 0 Å². The van der Waals surface area contributed by atoms with Gasteiger partial charge in [0.2, 0.25) is 0 Å². The Kier molecular flexibility index (Phi) is 4.57. The monoisotopic (exact) mass is 236 g/mol. The van der Waals surface area contributed by atoms with E-state index in [1.54, 1.807) is 0 Å². The number of hydrogen-bond donors (Lipinski definition) is 2. The van der Waals surface area contributed by atoms with Crippen molar-refractivity contribution in [3.63, 3.8) is 0 Å². The lowest BCUT2D eigenvalue weighted by Crippen LogP contribution is -2.29. The fourth-order valence-electron chi connectivity index (χ4n) is 2.46. The molecule has 1 heterocycles. The predicted octanol–water partition coefficient (Wildman–Crippen LogP) is 1.33. The summed E-state index contributed by atoms with van der Waals surface area (Å²) in [5.74, 6) is 0. The lowest BCUT2D eigenvalue weighted by Gasteiger charge is -2.17. The van der Waals surface area contributed by atoms with Crippen LogP contribution < -0.4 is 5.32 Å². The number of rotatable bonds is 6. The van der Waals surface area contributed by atoms with Gasteiger partial charge in [-0.25, -0.2) is 0 Å². The third-order valence-electron chi connectivity index (χ3n) is 3.48. The van der Waals surface area contributed by atoms with Gasteiger partial charge in [0.05, 0.1) is 5.69 Å². The standard InChI is InChI=1S/C13H24N4/c1-3-14-8-9-17(2)10-13-11-6-4-5-7-12(11)15-16-13/h14H,3-10H2,1-2H3,(H,15,16). The van der Waals surface area contributed by atoms with Crippen molar-refractivity contribution in [2.75, 3.05) is 26.7 Å². The second-order valence-electron chi connectivity index (χ2n) is 4.93. The Morgan fingerprint density at radius 2 is 2.18 bits per heavy atom. The molecule has 0 radical (unpaired) electrons. The quantitative estimate of drug-likeness (QED) is 0.732. The van der Waals surface area contributed by atoms with Gasteiger partial charge in [0, 0.05) is 25.3 Å². The van der Waals surface area contributed by atoms with Gasteiger partial charge in [-0.2, -0.15) is 5.10 Å². The maximum atomic E-state index is 4.48. The molecule has 0 fully saturated rings. The summed E-state index contributed by atoms with van der Waals surface area (Å²) in [4.78, 5) is 2.34. The van der Waals surface area contributed by atoms with E-state index in [9.17, 15) is 0 Å². The third-order valence-corrected chi connectivity index (χ3v) is 3.48. The van der Waals surface area contributed by atoms with Crippen molar-refractivity contribution in [1.29, 1.82) is 0 Å². The van der Waals surface area contributed by atoms with E-state index in [1.165, 1.54) is 42.6 Å². The first kappa shape index (κ1) is 12.6. The Labute approximate surface area is 104 Å². The average Bonchev–Trinajstić information content (AvgIpc) is 2.73. The van der Waals surface area contributed by atoms with Crippen LogP contribution in [0.2, 0.25) is 0 Å². The summed E-state index contributed by atoms with van der Waals surface area (Å²) in [5.41, 5.74) is 4.14. The van der Waals surface area contributed by atoms with Gasteiger partial charge in [-0.1, -0.05) is 6.92 Å². The Morgan fingerprint density at radius 1 is 1.35 bits per heavy atom. The molecular formula is C13H24N4. The number of fused-ring (bicyclic) bond motifs is 1. The zero-order valence-electron chi connectivity index (χ0n) is 11.1. The first-order valence-electron chi connectivity index (χ1n) is 6.75. The van der Waals surface area contributed by atoms with Gasteiger partial charge in [0.25, 0.3) is 0 Å². The summed E-state index contributed by atoms with van der Waals surface area (Å²) in [5, 5.41) is 11.0. The number of aromatic amines is 1. The highest BCUT2D eigenvalue weighted by atomic mass is 15.2. The molecule has 0 amide bonds. The molecule has 2 N–H and O–H groups in total. The van der Waals surface area contributed by atoms with E-state index in [-0.39, 0.29) is 0 Å². The summed E-state index contributed by atoms with van der Waals surface area (Å²) < 4.78 is 0. The highest BCUT2D eigenvalue weighted by Gasteiger charge is 2.17. The van der Waals surface area contributed by atoms with Crippen LogP contribution in [-0.2, 0) is 19.4 Å². The number of likely N-dealkylation sites (N-methyl/N-ethyl adjacent to an activating group) is 2. The molecule has 0 spiro atoms. The van der Waals surface area contributed by atoms with Crippen LogP contribution in [0.1, 0.15) is 36.7 Å². The number of H-pyrrole nitrogens is 1. The second kappa shape index (κ2) is 6.17. The number of nitrogens with zero attached hydrogens (tertiary/aromatic N) is 2. The summed E-state index contributed by atoms with van der Waals surface area (Å²) in [6.07, 6.45) is 5.02. The molecule has 0 saturated carbocycles. The molecule has 0 unspecified atom stereocenters. The Hall–Kier alpha value is -0.870. The minimum absolute atomic E-state index is 0.969. The minimum Gasteiger partial charge on any atom is -0.316 e. The van der Waals surface area contributed by atoms with Crippen LogP contribution in [-0.4, -0.2) is 41.8 Å². The Balaban J connectivity index is 1.87. The van der Waals surface area contributed by atoms with Crippen LogP contribution in [0.25, 0.3) is 0 Å². The molecule has 0 aliphatic heterocycles. The molecule has 17 heavy (non-hydrogen) atoms. The molecule has 4 heteroatoms. The van der Waals surface area contributed by atoms with Gasteiger partial charge >= 0.3 is 0 Å². The largest absolute Gasteiger partial charge is 0.316 e. The van der Waals surface area contributed by atoms with Crippen LogP contribution in [0, 0.1) is 0 Å². The summed E-state index contributed by atoms with van der Waals surface area (Å²) >= 11 is 0. The zero-order valence-corrected chi connectivity index (χ0v) is 11.1. The lowest BCUT2D eigenvalue weighted by atomic mass is 9.96. The average molecular weight is 236 g/mol. The van der Waals surface area contributed by atoms with Crippen LogP contribution in [0.3, 0.4) is 0 Å². The lowest BCUT2D eigenvalue weighted by molar-refractivity contribution is 0.320. The van der Waals surface area contributed by atoms with E-state index in [1.807, 2.05) is 0 Å².